The van der Waals surface area contributed by atoms with Crippen LogP contribution in [0.3, 0.4) is 0 Å². The molecule has 0 aromatic heterocycles. The maximum atomic E-state index is 5.90. The van der Waals surface area contributed by atoms with E-state index in [9.17, 15) is 0 Å². The quantitative estimate of drug-likeness (QED) is 0.636. The Kier molecular flexibility index (Phi) is 2.14. The molecule has 0 radical (unpaired) electrons. The maximum absolute atomic E-state index is 5.90. The van der Waals surface area contributed by atoms with Crippen LogP contribution in [0.15, 0.2) is 5.16 Å². The van der Waals surface area contributed by atoms with Gasteiger partial charge in [0.1, 0.15) is 24.4 Å². The van der Waals surface area contributed by atoms with Gasteiger partial charge in [-0.1, -0.05) is 5.16 Å². The summed E-state index contributed by atoms with van der Waals surface area (Å²) in [7, 11) is 0. The van der Waals surface area contributed by atoms with Gasteiger partial charge in [0.25, 0.3) is 0 Å². The Labute approximate surface area is 105 Å². The molecule has 0 aromatic rings. The molecule has 0 unspecified atom stereocenters. The third kappa shape index (κ3) is 1.40. The SMILES string of the molecule is C[C@H]1ON=C2[C@H]3O[C@@H]4OC(C)(C)O[C@@H]4[C@H]3OC[C@@H]21. The van der Waals surface area contributed by atoms with Crippen molar-refractivity contribution >= 4 is 5.71 Å². The first-order chi connectivity index (χ1) is 8.55. The zero-order valence-electron chi connectivity index (χ0n) is 10.7. The third-order valence-corrected chi connectivity index (χ3v) is 4.02. The maximum Gasteiger partial charge on any atom is 0.190 e. The molecule has 0 aromatic carbocycles. The number of rotatable bonds is 0. The van der Waals surface area contributed by atoms with E-state index in [1.807, 2.05) is 20.8 Å². The number of fused-ring (bicyclic) bond motifs is 5. The second-order valence-electron chi connectivity index (χ2n) is 5.76. The van der Waals surface area contributed by atoms with Crippen LogP contribution in [0.25, 0.3) is 0 Å². The molecule has 0 saturated carbocycles. The summed E-state index contributed by atoms with van der Waals surface area (Å²) in [6.07, 6.45) is -0.819. The molecule has 4 aliphatic heterocycles. The van der Waals surface area contributed by atoms with Gasteiger partial charge in [0.2, 0.25) is 0 Å². The van der Waals surface area contributed by atoms with E-state index in [1.54, 1.807) is 0 Å². The highest BCUT2D eigenvalue weighted by Crippen LogP contribution is 2.43. The molecule has 3 saturated heterocycles. The van der Waals surface area contributed by atoms with E-state index in [0.717, 1.165) is 5.71 Å². The minimum Gasteiger partial charge on any atom is -0.392 e. The number of hydrogen-bond acceptors (Lipinski definition) is 6. The lowest BCUT2D eigenvalue weighted by Crippen LogP contribution is -2.49. The van der Waals surface area contributed by atoms with E-state index in [-0.39, 0.29) is 36.6 Å². The lowest BCUT2D eigenvalue weighted by molar-refractivity contribution is -0.213. The first-order valence-corrected chi connectivity index (χ1v) is 6.41. The lowest BCUT2D eigenvalue weighted by atomic mass is 9.90. The Hall–Kier alpha value is -0.690. The Morgan fingerprint density at radius 2 is 2.06 bits per heavy atom. The molecular weight excluding hydrogens is 238 g/mol. The number of ether oxygens (including phenoxy) is 4. The van der Waals surface area contributed by atoms with Crippen LogP contribution in [0.4, 0.5) is 0 Å². The average Bonchev–Trinajstić information content (AvgIpc) is 2.89. The largest absolute Gasteiger partial charge is 0.392 e. The van der Waals surface area contributed by atoms with Gasteiger partial charge in [0, 0.05) is 0 Å². The highest BCUT2D eigenvalue weighted by atomic mass is 16.8. The Bertz CT molecular complexity index is 409. The van der Waals surface area contributed by atoms with Crippen molar-refractivity contribution in [2.24, 2.45) is 11.1 Å². The minimum atomic E-state index is -0.609. The van der Waals surface area contributed by atoms with Crippen LogP contribution in [0.1, 0.15) is 20.8 Å². The summed E-state index contributed by atoms with van der Waals surface area (Å²) in [4.78, 5) is 5.32. The third-order valence-electron chi connectivity index (χ3n) is 4.02. The molecule has 4 aliphatic rings. The molecule has 0 aliphatic carbocycles. The van der Waals surface area contributed by atoms with Gasteiger partial charge in [-0.05, 0) is 20.8 Å². The predicted octanol–water partition coefficient (Wildman–Crippen LogP) is 0.652. The van der Waals surface area contributed by atoms with Crippen molar-refractivity contribution in [3.63, 3.8) is 0 Å². The fourth-order valence-corrected chi connectivity index (χ4v) is 3.12. The minimum absolute atomic E-state index is 0.0586. The Balaban J connectivity index is 1.60. The zero-order valence-corrected chi connectivity index (χ0v) is 10.7. The highest BCUT2D eigenvalue weighted by molar-refractivity contribution is 5.93. The van der Waals surface area contributed by atoms with Gasteiger partial charge in [0.15, 0.2) is 12.1 Å². The first kappa shape index (κ1) is 11.2. The van der Waals surface area contributed by atoms with Gasteiger partial charge in [-0.15, -0.1) is 0 Å². The monoisotopic (exact) mass is 255 g/mol. The van der Waals surface area contributed by atoms with Crippen molar-refractivity contribution in [3.05, 3.63) is 0 Å². The Morgan fingerprint density at radius 1 is 1.22 bits per heavy atom. The van der Waals surface area contributed by atoms with E-state index in [1.165, 1.54) is 0 Å². The van der Waals surface area contributed by atoms with Crippen LogP contribution >= 0.6 is 0 Å². The molecule has 6 nitrogen and oxygen atoms in total. The van der Waals surface area contributed by atoms with Crippen LogP contribution < -0.4 is 0 Å². The molecule has 6 atom stereocenters. The summed E-state index contributed by atoms with van der Waals surface area (Å²) >= 11 is 0. The first-order valence-electron chi connectivity index (χ1n) is 6.41. The molecule has 4 heterocycles. The fourth-order valence-electron chi connectivity index (χ4n) is 3.12. The van der Waals surface area contributed by atoms with Gasteiger partial charge in [-0.2, -0.15) is 0 Å². The van der Waals surface area contributed by atoms with Gasteiger partial charge < -0.3 is 23.8 Å². The normalized spacial score (nSPS) is 52.3. The molecule has 4 rings (SSSR count). The van der Waals surface area contributed by atoms with E-state index in [0.29, 0.717) is 6.61 Å². The van der Waals surface area contributed by atoms with Gasteiger partial charge in [0.05, 0.1) is 18.2 Å². The standard InChI is InChI=1S/C12H17NO5/c1-5-6-4-14-9-8(7(6)13-18-5)15-11-10(9)16-12(2,3)17-11/h5-6,8-11H,4H2,1-3H3/t5-,6-,8-,9+,10-,11-/m1/s1. The average molecular weight is 255 g/mol. The summed E-state index contributed by atoms with van der Waals surface area (Å²) in [5.74, 6) is -0.417. The molecular formula is C12H17NO5. The molecule has 6 heteroatoms. The topological polar surface area (TPSA) is 58.5 Å². The molecule has 0 spiro atoms. The van der Waals surface area contributed by atoms with Crippen molar-refractivity contribution in [1.29, 1.82) is 0 Å². The van der Waals surface area contributed by atoms with Crippen LogP contribution in [-0.2, 0) is 23.8 Å². The molecule has 0 amide bonds. The number of hydrogen-bond donors (Lipinski definition) is 0. The summed E-state index contributed by atoms with van der Waals surface area (Å²) in [6, 6.07) is 0. The molecule has 0 N–H and O–H groups in total. The lowest BCUT2D eigenvalue weighted by Gasteiger charge is -2.32. The second-order valence-corrected chi connectivity index (χ2v) is 5.76. The van der Waals surface area contributed by atoms with Crippen molar-refractivity contribution in [2.75, 3.05) is 6.61 Å². The summed E-state index contributed by atoms with van der Waals surface area (Å²) < 4.78 is 23.4. The van der Waals surface area contributed by atoms with Gasteiger partial charge >= 0.3 is 0 Å². The van der Waals surface area contributed by atoms with Crippen molar-refractivity contribution in [2.45, 2.75) is 57.3 Å². The van der Waals surface area contributed by atoms with Crippen LogP contribution in [-0.4, -0.2) is 48.8 Å². The van der Waals surface area contributed by atoms with Crippen LogP contribution in [0.5, 0.6) is 0 Å². The van der Waals surface area contributed by atoms with Gasteiger partial charge in [-0.3, -0.25) is 0 Å². The van der Waals surface area contributed by atoms with E-state index in [4.69, 9.17) is 23.8 Å². The van der Waals surface area contributed by atoms with Gasteiger partial charge in [-0.25, -0.2) is 0 Å². The van der Waals surface area contributed by atoms with Crippen LogP contribution in [0, 0.1) is 5.92 Å². The van der Waals surface area contributed by atoms with Crippen molar-refractivity contribution in [1.82, 2.24) is 0 Å². The number of oxime groups is 1. The fraction of sp³-hybridized carbons (Fsp3) is 0.917. The van der Waals surface area contributed by atoms with E-state index >= 15 is 0 Å². The smallest absolute Gasteiger partial charge is 0.190 e. The van der Waals surface area contributed by atoms with Crippen LogP contribution in [0.2, 0.25) is 0 Å². The molecule has 3 fully saturated rings. The molecule has 100 valence electrons. The summed E-state index contributed by atoms with van der Waals surface area (Å²) in [5, 5.41) is 4.15. The Morgan fingerprint density at radius 3 is 2.89 bits per heavy atom. The van der Waals surface area contributed by atoms with Crippen molar-refractivity contribution < 1.29 is 23.8 Å². The number of nitrogens with zero attached hydrogens (tertiary/aromatic N) is 1. The van der Waals surface area contributed by atoms with Crippen molar-refractivity contribution in [3.8, 4) is 0 Å². The second kappa shape index (κ2) is 3.45. The summed E-state index contributed by atoms with van der Waals surface area (Å²) in [5.41, 5.74) is 0.943. The zero-order chi connectivity index (χ0) is 12.5. The molecule has 18 heavy (non-hydrogen) atoms. The summed E-state index contributed by atoms with van der Waals surface area (Å²) in [6.45, 7) is 6.37. The van der Waals surface area contributed by atoms with E-state index in [2.05, 4.69) is 5.16 Å². The highest BCUT2D eigenvalue weighted by Gasteiger charge is 2.60. The predicted molar refractivity (Wildman–Crippen MR) is 59.9 cm³/mol. The van der Waals surface area contributed by atoms with E-state index < -0.39 is 5.79 Å². The molecule has 0 bridgehead atoms.